The van der Waals surface area contributed by atoms with E-state index in [4.69, 9.17) is 10.2 Å². The molecule has 0 fully saturated rings. The van der Waals surface area contributed by atoms with Gasteiger partial charge < -0.3 is 10.2 Å². The van der Waals surface area contributed by atoms with Crippen LogP contribution in [0.2, 0.25) is 0 Å². The van der Waals surface area contributed by atoms with Gasteiger partial charge in [-0.3, -0.25) is 9.97 Å². The van der Waals surface area contributed by atoms with E-state index in [2.05, 4.69) is 0 Å². The third kappa shape index (κ3) is 2.89. The number of aliphatic hydroxyl groups is 2. The molecule has 84 valence electrons. The highest BCUT2D eigenvalue weighted by molar-refractivity contribution is 4.69. The number of aliphatic hydroxyl groups excluding tert-OH is 2. The van der Waals surface area contributed by atoms with E-state index in [-0.39, 0.29) is 13.0 Å². The van der Waals surface area contributed by atoms with Crippen LogP contribution in [0.15, 0.2) is 14.4 Å². The molecule has 15 heavy (non-hydrogen) atoms. The summed E-state index contributed by atoms with van der Waals surface area (Å²) in [6, 6.07) is 0. The van der Waals surface area contributed by atoms with E-state index in [1.54, 1.807) is 0 Å². The fourth-order valence-electron chi connectivity index (χ4n) is 1.03. The molecule has 0 aliphatic carbocycles. The lowest BCUT2D eigenvalue weighted by Gasteiger charge is -2.06. The van der Waals surface area contributed by atoms with Crippen LogP contribution in [-0.4, -0.2) is 37.5 Å². The minimum Gasteiger partial charge on any atom is -0.394 e. The molecule has 0 aliphatic rings. The molecule has 0 aliphatic heterocycles. The number of aromatic amines is 2. The Kier molecular flexibility index (Phi) is 3.58. The molecule has 0 spiro atoms. The standard InChI is InChI=1S/C7H11N3O5/c11-3-4(12)1-2-10-6(14)8-5(13)9-7(10)15/h4,11-12H,1-3H2,(H2,8,9,13,14,15). The fraction of sp³-hybridized carbons (Fsp3) is 0.571. The highest BCUT2D eigenvalue weighted by atomic mass is 16.3. The molecule has 0 saturated heterocycles. The van der Waals surface area contributed by atoms with Crippen LogP contribution in [-0.2, 0) is 6.54 Å². The van der Waals surface area contributed by atoms with Crippen molar-refractivity contribution in [3.8, 4) is 0 Å². The van der Waals surface area contributed by atoms with Crippen LogP contribution < -0.4 is 17.1 Å². The summed E-state index contributed by atoms with van der Waals surface area (Å²) >= 11 is 0. The van der Waals surface area contributed by atoms with E-state index in [0.717, 1.165) is 4.57 Å². The molecule has 0 bridgehead atoms. The Hall–Kier alpha value is -1.67. The van der Waals surface area contributed by atoms with Crippen molar-refractivity contribution in [2.45, 2.75) is 19.1 Å². The van der Waals surface area contributed by atoms with Crippen LogP contribution in [0.4, 0.5) is 0 Å². The number of nitrogens with one attached hydrogen (secondary N) is 2. The molecule has 0 aromatic carbocycles. The van der Waals surface area contributed by atoms with Gasteiger partial charge in [0.1, 0.15) is 0 Å². The van der Waals surface area contributed by atoms with Gasteiger partial charge >= 0.3 is 17.1 Å². The first kappa shape index (κ1) is 11.4. The van der Waals surface area contributed by atoms with Crippen molar-refractivity contribution >= 4 is 0 Å². The average Bonchev–Trinajstić information content (AvgIpc) is 2.15. The Balaban J connectivity index is 2.92. The van der Waals surface area contributed by atoms with Gasteiger partial charge in [0.2, 0.25) is 0 Å². The molecule has 1 unspecified atom stereocenters. The highest BCUT2D eigenvalue weighted by Crippen LogP contribution is 1.90. The van der Waals surface area contributed by atoms with Gasteiger partial charge in [0.25, 0.3) is 0 Å². The zero-order valence-electron chi connectivity index (χ0n) is 7.77. The van der Waals surface area contributed by atoms with E-state index in [1.807, 2.05) is 9.97 Å². The SMILES string of the molecule is O=c1[nH]c(=O)n(CCC(O)CO)c(=O)[nH]1. The molecule has 1 heterocycles. The van der Waals surface area contributed by atoms with Gasteiger partial charge in [-0.2, -0.15) is 0 Å². The second-order valence-electron chi connectivity index (χ2n) is 2.97. The summed E-state index contributed by atoms with van der Waals surface area (Å²) < 4.78 is 0.736. The number of hydrogen-bond donors (Lipinski definition) is 4. The van der Waals surface area contributed by atoms with Crippen LogP contribution in [0.25, 0.3) is 0 Å². The van der Waals surface area contributed by atoms with Crippen molar-refractivity contribution in [1.82, 2.24) is 14.5 Å². The van der Waals surface area contributed by atoms with E-state index in [0.29, 0.717) is 0 Å². The molecular weight excluding hydrogens is 206 g/mol. The van der Waals surface area contributed by atoms with Crippen LogP contribution in [0.3, 0.4) is 0 Å². The van der Waals surface area contributed by atoms with Gasteiger partial charge in [-0.15, -0.1) is 0 Å². The van der Waals surface area contributed by atoms with Gasteiger partial charge in [-0.25, -0.2) is 19.0 Å². The summed E-state index contributed by atoms with van der Waals surface area (Å²) in [5, 5.41) is 17.5. The number of rotatable bonds is 4. The van der Waals surface area contributed by atoms with Crippen molar-refractivity contribution in [3.05, 3.63) is 31.5 Å². The Labute approximate surface area is 82.8 Å². The molecule has 1 aromatic rings. The predicted octanol–water partition coefficient (Wildman–Crippen LogP) is -3.03. The first-order valence-corrected chi connectivity index (χ1v) is 4.27. The zero-order valence-corrected chi connectivity index (χ0v) is 7.77. The van der Waals surface area contributed by atoms with Crippen molar-refractivity contribution < 1.29 is 10.2 Å². The van der Waals surface area contributed by atoms with Gasteiger partial charge in [0.15, 0.2) is 0 Å². The number of nitrogens with zero attached hydrogens (tertiary/aromatic N) is 1. The summed E-state index contributed by atoms with van der Waals surface area (Å²) in [7, 11) is 0. The lowest BCUT2D eigenvalue weighted by molar-refractivity contribution is 0.0839. The maximum absolute atomic E-state index is 11.1. The number of hydrogen-bond acceptors (Lipinski definition) is 5. The fourth-order valence-corrected chi connectivity index (χ4v) is 1.03. The average molecular weight is 217 g/mol. The molecule has 1 aromatic heterocycles. The lowest BCUT2D eigenvalue weighted by atomic mass is 10.3. The third-order valence-corrected chi connectivity index (χ3v) is 1.83. The number of aromatic nitrogens is 3. The summed E-state index contributed by atoms with van der Waals surface area (Å²) in [6.45, 7) is -0.525. The predicted molar refractivity (Wildman–Crippen MR) is 49.7 cm³/mol. The summed E-state index contributed by atoms with van der Waals surface area (Å²) in [5.41, 5.74) is -2.55. The Morgan fingerprint density at radius 2 is 1.73 bits per heavy atom. The second kappa shape index (κ2) is 4.71. The van der Waals surface area contributed by atoms with E-state index in [9.17, 15) is 14.4 Å². The molecule has 0 saturated carbocycles. The van der Waals surface area contributed by atoms with Crippen LogP contribution in [0.1, 0.15) is 6.42 Å². The third-order valence-electron chi connectivity index (χ3n) is 1.83. The minimum atomic E-state index is -0.997. The largest absolute Gasteiger partial charge is 0.394 e. The first-order chi connectivity index (χ1) is 7.04. The second-order valence-corrected chi connectivity index (χ2v) is 2.97. The molecular formula is C7H11N3O5. The van der Waals surface area contributed by atoms with Gasteiger partial charge in [-0.05, 0) is 6.42 Å². The van der Waals surface area contributed by atoms with E-state index < -0.39 is 29.8 Å². The topological polar surface area (TPSA) is 128 Å². The molecule has 1 rings (SSSR count). The van der Waals surface area contributed by atoms with Gasteiger partial charge in [-0.1, -0.05) is 0 Å². The van der Waals surface area contributed by atoms with Gasteiger partial charge in [0.05, 0.1) is 12.7 Å². The van der Waals surface area contributed by atoms with Crippen LogP contribution in [0.5, 0.6) is 0 Å². The smallest absolute Gasteiger partial charge is 0.333 e. The Morgan fingerprint density at radius 1 is 1.20 bits per heavy atom. The normalized spacial score (nSPS) is 12.7. The quantitative estimate of drug-likeness (QED) is 0.426. The van der Waals surface area contributed by atoms with E-state index >= 15 is 0 Å². The minimum absolute atomic E-state index is 0.0472. The summed E-state index contributed by atoms with van der Waals surface area (Å²) in [6.07, 6.45) is -0.950. The van der Waals surface area contributed by atoms with Crippen molar-refractivity contribution in [1.29, 1.82) is 0 Å². The number of H-pyrrole nitrogens is 2. The molecule has 1 atom stereocenters. The van der Waals surface area contributed by atoms with Crippen LogP contribution in [0, 0.1) is 0 Å². The molecule has 4 N–H and O–H groups in total. The Bertz CT molecular complexity index is 450. The first-order valence-electron chi connectivity index (χ1n) is 4.27. The molecule has 8 heteroatoms. The van der Waals surface area contributed by atoms with Gasteiger partial charge in [0, 0.05) is 6.54 Å². The van der Waals surface area contributed by atoms with Crippen molar-refractivity contribution in [2.24, 2.45) is 0 Å². The highest BCUT2D eigenvalue weighted by Gasteiger charge is 2.06. The Morgan fingerprint density at radius 3 is 2.20 bits per heavy atom. The monoisotopic (exact) mass is 217 g/mol. The zero-order chi connectivity index (χ0) is 11.4. The van der Waals surface area contributed by atoms with Crippen molar-refractivity contribution in [3.63, 3.8) is 0 Å². The molecule has 0 amide bonds. The summed E-state index contributed by atoms with van der Waals surface area (Å²) in [4.78, 5) is 36.6. The molecule has 0 radical (unpaired) electrons. The summed E-state index contributed by atoms with van der Waals surface area (Å²) in [5.74, 6) is 0. The van der Waals surface area contributed by atoms with E-state index in [1.165, 1.54) is 0 Å². The maximum Gasteiger partial charge on any atom is 0.333 e. The molecule has 8 nitrogen and oxygen atoms in total. The lowest BCUT2D eigenvalue weighted by Crippen LogP contribution is -2.43. The maximum atomic E-state index is 11.1. The van der Waals surface area contributed by atoms with Crippen molar-refractivity contribution in [2.75, 3.05) is 6.61 Å². The van der Waals surface area contributed by atoms with Crippen LogP contribution >= 0.6 is 0 Å².